The van der Waals surface area contributed by atoms with Crippen molar-refractivity contribution >= 4 is 48.4 Å². The summed E-state index contributed by atoms with van der Waals surface area (Å²) in [6, 6.07) is 22.3. The molecule has 3 aromatic carbocycles. The van der Waals surface area contributed by atoms with E-state index in [1.807, 2.05) is 48.5 Å². The van der Waals surface area contributed by atoms with Crippen molar-refractivity contribution in [1.29, 1.82) is 0 Å². The van der Waals surface area contributed by atoms with E-state index in [4.69, 9.17) is 14.7 Å². The van der Waals surface area contributed by atoms with Crippen LogP contribution >= 0.6 is 15.9 Å². The van der Waals surface area contributed by atoms with Crippen molar-refractivity contribution in [1.82, 2.24) is 19.2 Å². The number of halogens is 1. The highest BCUT2D eigenvalue weighted by Crippen LogP contribution is 2.29. The molecule has 1 aliphatic rings. The van der Waals surface area contributed by atoms with E-state index in [-0.39, 0.29) is 6.04 Å². The van der Waals surface area contributed by atoms with Crippen LogP contribution in [0.15, 0.2) is 82.2 Å². The number of ether oxygens (including phenoxy) is 1. The largest absolute Gasteiger partial charge is 0.497 e. The number of nitrogens with one attached hydrogen (secondary N) is 1. The number of benzene rings is 3. The molecule has 8 nitrogen and oxygen atoms in total. The van der Waals surface area contributed by atoms with Gasteiger partial charge in [-0.2, -0.15) is 4.31 Å². The average molecular weight is 583 g/mol. The second-order valence-electron chi connectivity index (χ2n) is 8.87. The number of sulfonamides is 1. The number of hydrogen-bond acceptors (Lipinski definition) is 7. The average Bonchev–Trinajstić information content (AvgIpc) is 2.93. The number of aromatic nitrogens is 2. The number of hydrogen-bond donors (Lipinski definition) is 1. The Balaban J connectivity index is 1.35. The minimum absolute atomic E-state index is 0.0847. The monoisotopic (exact) mass is 581 g/mol. The van der Waals surface area contributed by atoms with Crippen LogP contribution in [0.25, 0.3) is 10.9 Å². The van der Waals surface area contributed by atoms with E-state index < -0.39 is 10.0 Å². The SMILES string of the molecule is COc1ccc(Nc2nc(C(C)N3CCN(S(=O)(=O)c4ccc(Br)cc4)CC3)nc3ccccc23)cc1. The molecule has 0 bridgehead atoms. The van der Waals surface area contributed by atoms with Gasteiger partial charge in [0.05, 0.1) is 23.6 Å². The lowest BCUT2D eigenvalue weighted by molar-refractivity contribution is 0.141. The molecule has 192 valence electrons. The molecule has 1 N–H and O–H groups in total. The summed E-state index contributed by atoms with van der Waals surface area (Å²) in [6.07, 6.45) is 0. The van der Waals surface area contributed by atoms with Crippen molar-refractivity contribution in [3.8, 4) is 5.75 Å². The molecule has 0 amide bonds. The summed E-state index contributed by atoms with van der Waals surface area (Å²) in [5, 5.41) is 4.36. The summed E-state index contributed by atoms with van der Waals surface area (Å²) in [7, 11) is -1.89. The van der Waals surface area contributed by atoms with Crippen LogP contribution < -0.4 is 10.1 Å². The molecule has 5 rings (SSSR count). The first-order chi connectivity index (χ1) is 17.8. The Labute approximate surface area is 225 Å². The number of piperazine rings is 1. The molecule has 1 unspecified atom stereocenters. The van der Waals surface area contributed by atoms with Crippen molar-refractivity contribution < 1.29 is 13.2 Å². The highest BCUT2D eigenvalue weighted by atomic mass is 79.9. The maximum atomic E-state index is 13.1. The zero-order valence-corrected chi connectivity index (χ0v) is 23.0. The maximum Gasteiger partial charge on any atom is 0.243 e. The topological polar surface area (TPSA) is 87.7 Å². The summed E-state index contributed by atoms with van der Waals surface area (Å²) in [6.45, 7) is 4.07. The molecule has 0 radical (unpaired) electrons. The van der Waals surface area contributed by atoms with Crippen LogP contribution in [0.3, 0.4) is 0 Å². The number of fused-ring (bicyclic) bond motifs is 1. The molecule has 0 saturated carbocycles. The summed E-state index contributed by atoms with van der Waals surface area (Å²) < 4.78 is 33.9. The van der Waals surface area contributed by atoms with Crippen LogP contribution in [0, 0.1) is 0 Å². The lowest BCUT2D eigenvalue weighted by Crippen LogP contribution is -2.49. The molecule has 37 heavy (non-hydrogen) atoms. The first kappa shape index (κ1) is 25.6. The second kappa shape index (κ2) is 10.7. The van der Waals surface area contributed by atoms with Gasteiger partial charge in [0.15, 0.2) is 0 Å². The molecule has 0 spiro atoms. The number of nitrogens with zero attached hydrogens (tertiary/aromatic N) is 4. The zero-order valence-electron chi connectivity index (χ0n) is 20.6. The van der Waals surface area contributed by atoms with E-state index in [9.17, 15) is 8.42 Å². The van der Waals surface area contributed by atoms with Gasteiger partial charge in [-0.05, 0) is 67.6 Å². The van der Waals surface area contributed by atoms with Crippen molar-refractivity contribution in [2.45, 2.75) is 17.9 Å². The highest BCUT2D eigenvalue weighted by molar-refractivity contribution is 9.10. The summed E-state index contributed by atoms with van der Waals surface area (Å²) >= 11 is 3.36. The van der Waals surface area contributed by atoms with Gasteiger partial charge in [-0.1, -0.05) is 28.1 Å². The quantitative estimate of drug-likeness (QED) is 0.320. The van der Waals surface area contributed by atoms with Gasteiger partial charge in [0.1, 0.15) is 17.4 Å². The lowest BCUT2D eigenvalue weighted by Gasteiger charge is -2.36. The van der Waals surface area contributed by atoms with Crippen LogP contribution in [-0.4, -0.2) is 60.9 Å². The first-order valence-corrected chi connectivity index (χ1v) is 14.3. The normalized spacial score (nSPS) is 16.0. The van der Waals surface area contributed by atoms with E-state index in [0.717, 1.165) is 32.6 Å². The third kappa shape index (κ3) is 5.47. The van der Waals surface area contributed by atoms with E-state index in [0.29, 0.717) is 36.9 Å². The van der Waals surface area contributed by atoms with E-state index in [1.54, 1.807) is 35.7 Å². The smallest absolute Gasteiger partial charge is 0.243 e. The molecule has 1 saturated heterocycles. The van der Waals surface area contributed by atoms with Gasteiger partial charge in [-0.25, -0.2) is 18.4 Å². The number of rotatable bonds is 7. The molecular weight excluding hydrogens is 554 g/mol. The molecule has 1 aliphatic heterocycles. The molecule has 1 aromatic heterocycles. The van der Waals surface area contributed by atoms with Gasteiger partial charge < -0.3 is 10.1 Å². The van der Waals surface area contributed by atoms with Crippen LogP contribution in [0.2, 0.25) is 0 Å². The van der Waals surface area contributed by atoms with Gasteiger partial charge >= 0.3 is 0 Å². The number of methoxy groups -OCH3 is 1. The highest BCUT2D eigenvalue weighted by Gasteiger charge is 2.31. The Morgan fingerprint density at radius 1 is 0.919 bits per heavy atom. The van der Waals surface area contributed by atoms with Crippen LogP contribution in [0.4, 0.5) is 11.5 Å². The summed E-state index contributed by atoms with van der Waals surface area (Å²) in [5.41, 5.74) is 1.75. The van der Waals surface area contributed by atoms with E-state index in [2.05, 4.69) is 33.1 Å². The van der Waals surface area contributed by atoms with Gasteiger partial charge in [0.2, 0.25) is 10.0 Å². The molecular formula is C27H28BrN5O3S. The number of para-hydroxylation sites is 1. The maximum absolute atomic E-state index is 13.1. The fraction of sp³-hybridized carbons (Fsp3) is 0.259. The summed E-state index contributed by atoms with van der Waals surface area (Å²) in [5.74, 6) is 2.21. The minimum atomic E-state index is -3.53. The Morgan fingerprint density at radius 3 is 2.27 bits per heavy atom. The van der Waals surface area contributed by atoms with Crippen molar-refractivity contribution in [3.05, 3.63) is 83.1 Å². The predicted octanol–water partition coefficient (Wildman–Crippen LogP) is 5.21. The third-order valence-corrected chi connectivity index (χ3v) is 9.06. The molecule has 1 fully saturated rings. The van der Waals surface area contributed by atoms with Crippen LogP contribution in [0.5, 0.6) is 5.75 Å². The van der Waals surface area contributed by atoms with Crippen molar-refractivity contribution in [2.24, 2.45) is 0 Å². The second-order valence-corrected chi connectivity index (χ2v) is 11.7. The van der Waals surface area contributed by atoms with Crippen LogP contribution in [-0.2, 0) is 10.0 Å². The van der Waals surface area contributed by atoms with Gasteiger partial charge in [-0.15, -0.1) is 0 Å². The first-order valence-electron chi connectivity index (χ1n) is 12.0. The van der Waals surface area contributed by atoms with E-state index in [1.165, 1.54) is 0 Å². The Kier molecular flexibility index (Phi) is 7.43. The van der Waals surface area contributed by atoms with Crippen molar-refractivity contribution in [3.63, 3.8) is 0 Å². The predicted molar refractivity (Wildman–Crippen MR) is 149 cm³/mol. The molecule has 0 aliphatic carbocycles. The Bertz CT molecular complexity index is 1490. The van der Waals surface area contributed by atoms with Gasteiger partial charge in [0, 0.05) is 41.7 Å². The fourth-order valence-corrected chi connectivity index (χ4v) is 6.12. The summed E-state index contributed by atoms with van der Waals surface area (Å²) in [4.78, 5) is 12.3. The molecule has 10 heteroatoms. The standard InChI is InChI=1S/C27H28BrN5O3S/c1-19(32-15-17-33(18-16-32)37(34,35)23-13-7-20(28)8-14-23)26-30-25-6-4-3-5-24(25)27(31-26)29-21-9-11-22(36-2)12-10-21/h3-14,19H,15-18H2,1-2H3,(H,29,30,31). The lowest BCUT2D eigenvalue weighted by atomic mass is 10.2. The van der Waals surface area contributed by atoms with Crippen LogP contribution in [0.1, 0.15) is 18.8 Å². The fourth-order valence-electron chi connectivity index (χ4n) is 4.44. The molecule has 4 aromatic rings. The van der Waals surface area contributed by atoms with Gasteiger partial charge in [0.25, 0.3) is 0 Å². The molecule has 1 atom stereocenters. The van der Waals surface area contributed by atoms with Crippen molar-refractivity contribution in [2.75, 3.05) is 38.6 Å². The van der Waals surface area contributed by atoms with E-state index >= 15 is 0 Å². The Hall–Kier alpha value is -3.05. The zero-order chi connectivity index (χ0) is 26.0. The number of anilines is 2. The molecule has 2 heterocycles. The Morgan fingerprint density at radius 2 is 1.59 bits per heavy atom. The minimum Gasteiger partial charge on any atom is -0.497 e. The third-order valence-electron chi connectivity index (χ3n) is 6.62. The van der Waals surface area contributed by atoms with Gasteiger partial charge in [-0.3, -0.25) is 4.90 Å².